The van der Waals surface area contributed by atoms with E-state index in [1.54, 1.807) is 36.3 Å². The van der Waals surface area contributed by atoms with E-state index in [2.05, 4.69) is 26.8 Å². The number of hydrazine groups is 1. The maximum absolute atomic E-state index is 13.4. The van der Waals surface area contributed by atoms with E-state index in [4.69, 9.17) is 21.1 Å². The summed E-state index contributed by atoms with van der Waals surface area (Å²) in [4.78, 5) is 15.1. The number of rotatable bonds is 6. The number of carbonyl (C=O) groups excluding carboxylic acids is 1. The van der Waals surface area contributed by atoms with Crippen LogP contribution < -0.4 is 15.6 Å². The van der Waals surface area contributed by atoms with E-state index in [0.717, 1.165) is 11.1 Å². The molecule has 2 aliphatic rings. The first-order valence-electron chi connectivity index (χ1n) is 10.1. The molecule has 4 rings (SSSR count). The number of ether oxygens (including phenoxy) is 2. The summed E-state index contributed by atoms with van der Waals surface area (Å²) in [7, 11) is 3.07. The Morgan fingerprint density at radius 3 is 2.56 bits per heavy atom. The van der Waals surface area contributed by atoms with Crippen LogP contribution in [-0.4, -0.2) is 54.4 Å². The number of amides is 1. The largest absolute Gasteiger partial charge is 0.508 e. The number of hydrogen-bond donors (Lipinski definition) is 4. The first-order chi connectivity index (χ1) is 15.3. The Bertz CT molecular complexity index is 1050. The topological polar surface area (TPSA) is 103 Å². The van der Waals surface area contributed by atoms with Gasteiger partial charge in [0.05, 0.1) is 30.3 Å². The molecule has 32 heavy (non-hydrogen) atoms. The van der Waals surface area contributed by atoms with Gasteiger partial charge in [0.1, 0.15) is 11.8 Å². The van der Waals surface area contributed by atoms with Crippen molar-refractivity contribution in [3.05, 3.63) is 50.5 Å². The van der Waals surface area contributed by atoms with Crippen LogP contribution in [-0.2, 0) is 9.53 Å². The number of hydrogen-bond acceptors (Lipinski definition) is 7. The standard InChI is InChI=1S/C22H25BrClN3O5/c1-10-6-15(28)12(9-14(10)24)18-17-19(26-25-18)22(30)27(4-5-31-2)20(17)11-7-13(23)21(29)16(8-11)32-3/h6-9,17-20,25-26,28-29H,4-5H2,1-3H3. The number of benzene rings is 2. The minimum absolute atomic E-state index is 0.0113. The first-order valence-corrected chi connectivity index (χ1v) is 11.3. The molecule has 0 saturated carbocycles. The van der Waals surface area contributed by atoms with Crippen LogP contribution in [0.15, 0.2) is 28.7 Å². The molecule has 2 fully saturated rings. The number of aromatic hydroxyl groups is 2. The predicted molar refractivity (Wildman–Crippen MR) is 123 cm³/mol. The number of nitrogens with one attached hydrogen (secondary N) is 2. The molecule has 4 N–H and O–H groups in total. The van der Waals surface area contributed by atoms with Crippen LogP contribution in [0.1, 0.15) is 28.8 Å². The van der Waals surface area contributed by atoms with Gasteiger partial charge in [-0.1, -0.05) is 11.6 Å². The molecule has 2 aliphatic heterocycles. The maximum Gasteiger partial charge on any atom is 0.242 e. The van der Waals surface area contributed by atoms with Gasteiger partial charge >= 0.3 is 0 Å². The molecule has 2 aromatic rings. The Morgan fingerprint density at radius 2 is 1.88 bits per heavy atom. The van der Waals surface area contributed by atoms with Gasteiger partial charge in [-0.25, -0.2) is 10.9 Å². The lowest BCUT2D eigenvalue weighted by Gasteiger charge is -2.32. The number of aryl methyl sites for hydroxylation is 1. The van der Waals surface area contributed by atoms with Crippen molar-refractivity contribution < 1.29 is 24.5 Å². The molecule has 172 valence electrons. The molecule has 2 saturated heterocycles. The van der Waals surface area contributed by atoms with Gasteiger partial charge in [0.2, 0.25) is 5.91 Å². The van der Waals surface area contributed by atoms with Gasteiger partial charge in [-0.05, 0) is 58.2 Å². The predicted octanol–water partition coefficient (Wildman–Crippen LogP) is 3.19. The summed E-state index contributed by atoms with van der Waals surface area (Å²) in [6, 6.07) is 5.60. The second-order valence-electron chi connectivity index (χ2n) is 8.00. The Morgan fingerprint density at radius 1 is 1.16 bits per heavy atom. The summed E-state index contributed by atoms with van der Waals surface area (Å²) < 4.78 is 11.1. The smallest absolute Gasteiger partial charge is 0.242 e. The van der Waals surface area contributed by atoms with E-state index in [1.807, 2.05) is 6.92 Å². The Balaban J connectivity index is 1.83. The molecule has 0 aliphatic carbocycles. The number of phenolic OH excluding ortho intramolecular Hbond substituents is 2. The number of halogens is 2. The third kappa shape index (κ3) is 3.82. The normalized spacial score (nSPS) is 24.8. The summed E-state index contributed by atoms with van der Waals surface area (Å²) in [6.07, 6.45) is 0. The van der Waals surface area contributed by atoms with Gasteiger partial charge in [0, 0.05) is 30.2 Å². The first kappa shape index (κ1) is 23.1. The maximum atomic E-state index is 13.4. The second-order valence-corrected chi connectivity index (χ2v) is 9.27. The SMILES string of the molecule is COCCN1C(=O)C2NNC(c3cc(Cl)c(C)cc3O)C2C1c1cc(Br)c(O)c(OC)c1. The zero-order valence-corrected chi connectivity index (χ0v) is 20.2. The van der Waals surface area contributed by atoms with Crippen molar-refractivity contribution in [2.45, 2.75) is 25.0 Å². The van der Waals surface area contributed by atoms with Gasteiger partial charge in [-0.15, -0.1) is 0 Å². The molecule has 2 aromatic carbocycles. The summed E-state index contributed by atoms with van der Waals surface area (Å²) in [5.41, 5.74) is 8.46. The Labute approximate surface area is 199 Å². The number of fused-ring (bicyclic) bond motifs is 1. The fraction of sp³-hybridized carbons (Fsp3) is 0.409. The van der Waals surface area contributed by atoms with Gasteiger partial charge < -0.3 is 24.6 Å². The van der Waals surface area contributed by atoms with Crippen LogP contribution in [0.4, 0.5) is 0 Å². The highest BCUT2D eigenvalue weighted by Gasteiger charge is 2.56. The third-order valence-corrected chi connectivity index (χ3v) is 7.22. The summed E-state index contributed by atoms with van der Waals surface area (Å²) >= 11 is 9.75. The molecule has 0 bridgehead atoms. The zero-order valence-electron chi connectivity index (χ0n) is 17.9. The van der Waals surface area contributed by atoms with Crippen LogP contribution in [0.5, 0.6) is 17.2 Å². The van der Waals surface area contributed by atoms with E-state index in [1.165, 1.54) is 7.11 Å². The van der Waals surface area contributed by atoms with Crippen molar-refractivity contribution in [2.75, 3.05) is 27.4 Å². The molecule has 4 atom stereocenters. The van der Waals surface area contributed by atoms with E-state index in [-0.39, 0.29) is 29.4 Å². The third-order valence-electron chi connectivity index (χ3n) is 6.21. The van der Waals surface area contributed by atoms with E-state index in [9.17, 15) is 15.0 Å². The lowest BCUT2D eigenvalue weighted by atomic mass is 9.83. The van der Waals surface area contributed by atoms with E-state index < -0.39 is 12.1 Å². The molecule has 0 spiro atoms. The van der Waals surface area contributed by atoms with Crippen molar-refractivity contribution >= 4 is 33.4 Å². The van der Waals surface area contributed by atoms with Crippen molar-refractivity contribution in [1.82, 2.24) is 15.8 Å². The van der Waals surface area contributed by atoms with Crippen molar-refractivity contribution in [3.63, 3.8) is 0 Å². The molecular weight excluding hydrogens is 502 g/mol. The monoisotopic (exact) mass is 525 g/mol. The highest BCUT2D eigenvalue weighted by atomic mass is 79.9. The fourth-order valence-corrected chi connectivity index (χ4v) is 5.29. The Kier molecular flexibility index (Phi) is 6.56. The molecule has 0 aromatic heterocycles. The number of nitrogens with zero attached hydrogens (tertiary/aromatic N) is 1. The van der Waals surface area contributed by atoms with Crippen LogP contribution in [0.25, 0.3) is 0 Å². The quantitative estimate of drug-likeness (QED) is 0.458. The number of carbonyl (C=O) groups is 1. The molecule has 4 unspecified atom stereocenters. The van der Waals surface area contributed by atoms with Crippen LogP contribution in [0.3, 0.4) is 0 Å². The summed E-state index contributed by atoms with van der Waals surface area (Å²) in [6.45, 7) is 2.59. The molecule has 1 amide bonds. The second kappa shape index (κ2) is 9.07. The summed E-state index contributed by atoms with van der Waals surface area (Å²) in [5, 5.41) is 21.5. The fourth-order valence-electron chi connectivity index (χ4n) is 4.66. The minimum atomic E-state index is -0.514. The van der Waals surface area contributed by atoms with Crippen molar-refractivity contribution in [1.29, 1.82) is 0 Å². The van der Waals surface area contributed by atoms with Crippen molar-refractivity contribution in [3.8, 4) is 17.2 Å². The zero-order chi connectivity index (χ0) is 23.2. The van der Waals surface area contributed by atoms with E-state index in [0.29, 0.717) is 34.0 Å². The molecular formula is C22H25BrClN3O5. The van der Waals surface area contributed by atoms with Gasteiger partial charge in [-0.3, -0.25) is 4.79 Å². The number of methoxy groups -OCH3 is 2. The van der Waals surface area contributed by atoms with Crippen molar-refractivity contribution in [2.24, 2.45) is 5.92 Å². The average Bonchev–Trinajstić information content (AvgIpc) is 3.30. The van der Waals surface area contributed by atoms with Gasteiger partial charge in [0.15, 0.2) is 11.5 Å². The number of phenols is 2. The highest BCUT2D eigenvalue weighted by Crippen LogP contribution is 2.50. The molecule has 8 nitrogen and oxygen atoms in total. The van der Waals surface area contributed by atoms with Gasteiger partial charge in [0.25, 0.3) is 0 Å². The number of likely N-dealkylation sites (tertiary alicyclic amines) is 1. The Hall–Kier alpha value is -2.04. The lowest BCUT2D eigenvalue weighted by Crippen LogP contribution is -2.42. The summed E-state index contributed by atoms with van der Waals surface area (Å²) in [5.74, 6) is 0.0485. The lowest BCUT2D eigenvalue weighted by molar-refractivity contribution is -0.131. The van der Waals surface area contributed by atoms with Crippen LogP contribution >= 0.6 is 27.5 Å². The molecule has 0 radical (unpaired) electrons. The highest BCUT2D eigenvalue weighted by molar-refractivity contribution is 9.10. The molecule has 10 heteroatoms. The molecule has 2 heterocycles. The van der Waals surface area contributed by atoms with Gasteiger partial charge in [-0.2, -0.15) is 0 Å². The van der Waals surface area contributed by atoms with E-state index >= 15 is 0 Å². The minimum Gasteiger partial charge on any atom is -0.508 e. The average molecular weight is 527 g/mol. The van der Waals surface area contributed by atoms with Crippen LogP contribution in [0.2, 0.25) is 5.02 Å². The van der Waals surface area contributed by atoms with Crippen LogP contribution in [0, 0.1) is 12.8 Å².